The lowest BCUT2D eigenvalue weighted by atomic mass is 9.99. The highest BCUT2D eigenvalue weighted by Gasteiger charge is 2.44. The quantitative estimate of drug-likeness (QED) is 0.313. The molecule has 0 unspecified atom stereocenters. The first-order valence-corrected chi connectivity index (χ1v) is 5.66. The van der Waals surface area contributed by atoms with E-state index in [2.05, 4.69) is 0 Å². The van der Waals surface area contributed by atoms with Gasteiger partial charge in [0.1, 0.15) is 24.4 Å². The summed E-state index contributed by atoms with van der Waals surface area (Å²) in [6.07, 6.45) is -6.04. The molecule has 1 aliphatic rings. The van der Waals surface area contributed by atoms with Crippen molar-refractivity contribution in [1.29, 1.82) is 0 Å². The molecule has 5 atom stereocenters. The number of aliphatic hydroxyl groups is 4. The fourth-order valence-corrected chi connectivity index (χ4v) is 1.46. The third kappa shape index (κ3) is 6.25. The molecule has 0 spiro atoms. The Hall–Kier alpha value is -0.810. The summed E-state index contributed by atoms with van der Waals surface area (Å²) < 4.78 is 9.89. The molecule has 1 rings (SSSR count). The zero-order chi connectivity index (χ0) is 15.0. The Morgan fingerprint density at radius 1 is 1.32 bits per heavy atom. The number of carbonyl (C=O) groups is 1. The second-order valence-electron chi connectivity index (χ2n) is 3.87. The molecule has 9 nitrogen and oxygen atoms in total. The summed E-state index contributed by atoms with van der Waals surface area (Å²) in [5.41, 5.74) is 5.19. The average molecular weight is 283 g/mol. The van der Waals surface area contributed by atoms with E-state index < -0.39 is 43.3 Å². The zero-order valence-electron chi connectivity index (χ0n) is 10.5. The third-order valence-electron chi connectivity index (χ3n) is 2.27. The second kappa shape index (κ2) is 9.15. The molecule has 1 heterocycles. The van der Waals surface area contributed by atoms with Crippen molar-refractivity contribution >= 4 is 5.97 Å². The van der Waals surface area contributed by atoms with Gasteiger partial charge in [-0.1, -0.05) is 0 Å². The van der Waals surface area contributed by atoms with E-state index >= 15 is 0 Å². The Kier molecular flexibility index (Phi) is 8.76. The molecule has 0 aromatic rings. The predicted molar refractivity (Wildman–Crippen MR) is 62.1 cm³/mol. The Bertz CT molecular complexity index is 260. The number of hydrogen-bond acceptors (Lipinski definition) is 8. The zero-order valence-corrected chi connectivity index (χ0v) is 10.5. The van der Waals surface area contributed by atoms with E-state index in [9.17, 15) is 15.3 Å². The van der Waals surface area contributed by atoms with Gasteiger partial charge in [0, 0.05) is 13.5 Å². The van der Waals surface area contributed by atoms with Crippen LogP contribution in [-0.2, 0) is 14.3 Å². The summed E-state index contributed by atoms with van der Waals surface area (Å²) >= 11 is 0. The normalized spacial score (nSPS) is 34.3. The van der Waals surface area contributed by atoms with Crippen molar-refractivity contribution in [2.45, 2.75) is 37.6 Å². The first-order valence-electron chi connectivity index (χ1n) is 5.66. The summed E-state index contributed by atoms with van der Waals surface area (Å²) in [5, 5.41) is 44.7. The minimum Gasteiger partial charge on any atom is -0.481 e. The van der Waals surface area contributed by atoms with Crippen LogP contribution in [0.15, 0.2) is 0 Å². The van der Waals surface area contributed by atoms with Crippen LogP contribution in [0, 0.1) is 0 Å². The number of aliphatic carboxylic acids is 1. The van der Waals surface area contributed by atoms with Crippen molar-refractivity contribution in [3.8, 4) is 0 Å². The maximum Gasteiger partial charge on any atom is 0.300 e. The van der Waals surface area contributed by atoms with Crippen LogP contribution < -0.4 is 5.73 Å². The molecule has 0 radical (unpaired) electrons. The number of aliphatic hydroxyl groups excluding tert-OH is 4. The molecule has 0 bridgehead atoms. The van der Waals surface area contributed by atoms with E-state index in [0.717, 1.165) is 6.92 Å². The summed E-state index contributed by atoms with van der Waals surface area (Å²) in [5.74, 6) is -0.833. The molecule has 7 N–H and O–H groups in total. The number of carboxylic acid groups (broad SMARTS) is 1. The Balaban J connectivity index is 0.000000711. The average Bonchev–Trinajstić information content (AvgIpc) is 2.33. The van der Waals surface area contributed by atoms with E-state index in [1.165, 1.54) is 0 Å². The number of carboxylic acids is 1. The smallest absolute Gasteiger partial charge is 0.300 e. The molecule has 0 aromatic carbocycles. The molecule has 0 aromatic heterocycles. The Morgan fingerprint density at radius 3 is 2.26 bits per heavy atom. The largest absolute Gasteiger partial charge is 0.481 e. The lowest BCUT2D eigenvalue weighted by Crippen LogP contribution is -2.59. The van der Waals surface area contributed by atoms with E-state index in [1.807, 2.05) is 0 Å². The van der Waals surface area contributed by atoms with E-state index in [4.69, 9.17) is 30.2 Å². The van der Waals surface area contributed by atoms with Gasteiger partial charge in [0.05, 0.1) is 13.2 Å². The fraction of sp³-hybridized carbons (Fsp3) is 0.900. The maximum atomic E-state index is 9.57. The van der Waals surface area contributed by atoms with Crippen LogP contribution in [-0.4, -0.2) is 82.0 Å². The van der Waals surface area contributed by atoms with E-state index in [-0.39, 0.29) is 13.2 Å². The van der Waals surface area contributed by atoms with Crippen molar-refractivity contribution in [1.82, 2.24) is 0 Å². The van der Waals surface area contributed by atoms with Crippen molar-refractivity contribution in [2.24, 2.45) is 5.73 Å². The van der Waals surface area contributed by atoms with Crippen molar-refractivity contribution in [2.75, 3.05) is 19.8 Å². The van der Waals surface area contributed by atoms with Crippen LogP contribution in [0.25, 0.3) is 0 Å². The van der Waals surface area contributed by atoms with E-state index in [1.54, 1.807) is 0 Å². The highest BCUT2D eigenvalue weighted by atomic mass is 16.7. The molecular weight excluding hydrogens is 262 g/mol. The molecule has 114 valence electrons. The van der Waals surface area contributed by atoms with Gasteiger partial charge < -0.3 is 40.7 Å². The van der Waals surface area contributed by atoms with E-state index in [0.29, 0.717) is 0 Å². The van der Waals surface area contributed by atoms with Crippen molar-refractivity contribution in [3.05, 3.63) is 0 Å². The molecule has 0 aliphatic carbocycles. The van der Waals surface area contributed by atoms with Gasteiger partial charge in [-0.15, -0.1) is 0 Å². The van der Waals surface area contributed by atoms with Gasteiger partial charge in [-0.25, -0.2) is 0 Å². The van der Waals surface area contributed by atoms with Gasteiger partial charge in [0.25, 0.3) is 5.97 Å². The molecular formula is C10H21NO8. The maximum absolute atomic E-state index is 9.57. The van der Waals surface area contributed by atoms with Gasteiger partial charge in [0.15, 0.2) is 6.29 Å². The van der Waals surface area contributed by atoms with Crippen LogP contribution in [0.4, 0.5) is 0 Å². The molecule has 9 heteroatoms. The SMILES string of the molecule is CC(=O)O.NCCO[C@@H]1[C@@H](O)[C@H](O)[C@@H](CO)O[C@H]1O. The van der Waals surface area contributed by atoms with Crippen LogP contribution in [0.5, 0.6) is 0 Å². The topological polar surface area (TPSA) is 163 Å². The minimum atomic E-state index is -1.38. The van der Waals surface area contributed by atoms with Gasteiger partial charge >= 0.3 is 0 Å². The van der Waals surface area contributed by atoms with Gasteiger partial charge in [-0.05, 0) is 0 Å². The van der Waals surface area contributed by atoms with Crippen LogP contribution in [0.1, 0.15) is 6.92 Å². The van der Waals surface area contributed by atoms with Crippen molar-refractivity contribution < 1.29 is 39.8 Å². The standard InChI is InChI=1S/C8H17NO6.C2H4O2/c9-1-2-14-7-6(12)5(11)4(3-10)15-8(7)13;1-2(3)4/h4-8,10-13H,1-3,9H2;1H3,(H,3,4)/t4-,5-,6+,7-,8-;/m1./s1. The lowest BCUT2D eigenvalue weighted by molar-refractivity contribution is -0.295. The van der Waals surface area contributed by atoms with Crippen LogP contribution in [0.3, 0.4) is 0 Å². The summed E-state index contributed by atoms with van der Waals surface area (Å²) in [6, 6.07) is 0. The molecule has 1 aliphatic heterocycles. The molecule has 1 saturated heterocycles. The minimum absolute atomic E-state index is 0.138. The fourth-order valence-electron chi connectivity index (χ4n) is 1.46. The van der Waals surface area contributed by atoms with Gasteiger partial charge in [-0.3, -0.25) is 4.79 Å². The number of nitrogens with two attached hydrogens (primary N) is 1. The van der Waals surface area contributed by atoms with Crippen LogP contribution >= 0.6 is 0 Å². The van der Waals surface area contributed by atoms with Gasteiger partial charge in [0.2, 0.25) is 0 Å². The predicted octanol–water partition coefficient (Wildman–Crippen LogP) is -3.15. The number of ether oxygens (including phenoxy) is 2. The monoisotopic (exact) mass is 283 g/mol. The summed E-state index contributed by atoms with van der Waals surface area (Å²) in [6.45, 7) is 0.965. The summed E-state index contributed by atoms with van der Waals surface area (Å²) in [4.78, 5) is 9.00. The molecule has 0 saturated carbocycles. The molecule has 1 fully saturated rings. The number of rotatable bonds is 4. The number of hydrogen-bond donors (Lipinski definition) is 6. The highest BCUT2D eigenvalue weighted by molar-refractivity contribution is 5.62. The summed E-state index contributed by atoms with van der Waals surface area (Å²) in [7, 11) is 0. The van der Waals surface area contributed by atoms with Crippen molar-refractivity contribution in [3.63, 3.8) is 0 Å². The van der Waals surface area contributed by atoms with Crippen LogP contribution in [0.2, 0.25) is 0 Å². The molecule has 19 heavy (non-hydrogen) atoms. The third-order valence-corrected chi connectivity index (χ3v) is 2.27. The Morgan fingerprint density at radius 2 is 1.84 bits per heavy atom. The lowest BCUT2D eigenvalue weighted by Gasteiger charge is -2.39. The first-order chi connectivity index (χ1) is 8.84. The Labute approximate surface area is 110 Å². The van der Waals surface area contributed by atoms with Gasteiger partial charge in [-0.2, -0.15) is 0 Å². The second-order valence-corrected chi connectivity index (χ2v) is 3.87. The molecule has 0 amide bonds. The highest BCUT2D eigenvalue weighted by Crippen LogP contribution is 2.21. The first kappa shape index (κ1) is 18.2.